The van der Waals surface area contributed by atoms with E-state index in [-0.39, 0.29) is 18.2 Å². The van der Waals surface area contributed by atoms with Gasteiger partial charge in [0.05, 0.1) is 11.7 Å². The van der Waals surface area contributed by atoms with Crippen molar-refractivity contribution in [3.63, 3.8) is 0 Å². The largest absolute Gasteiger partial charge is 0.387 e. The highest BCUT2D eigenvalue weighted by atomic mass is 19.1. The van der Waals surface area contributed by atoms with E-state index in [1.165, 1.54) is 6.07 Å². The molecule has 1 atom stereocenters. The van der Waals surface area contributed by atoms with Crippen LogP contribution in [0.4, 0.5) is 8.78 Å². The smallest absolute Gasteiger partial charge is 0.131 e. The number of rotatable bonds is 6. The molecule has 1 aromatic carbocycles. The third kappa shape index (κ3) is 4.08. The lowest BCUT2D eigenvalue weighted by Gasteiger charge is -2.29. The predicted molar refractivity (Wildman–Crippen MR) is 81.1 cm³/mol. The van der Waals surface area contributed by atoms with E-state index in [9.17, 15) is 13.9 Å². The summed E-state index contributed by atoms with van der Waals surface area (Å²) in [5.41, 5.74) is 0.705. The first-order valence-electron chi connectivity index (χ1n) is 7.24. The van der Waals surface area contributed by atoms with Gasteiger partial charge in [-0.15, -0.1) is 0 Å². The van der Waals surface area contributed by atoms with Crippen LogP contribution in [0, 0.1) is 11.6 Å². The quantitative estimate of drug-likeness (QED) is 0.889. The first kappa shape index (κ1) is 16.5. The summed E-state index contributed by atoms with van der Waals surface area (Å²) in [6.45, 7) is 4.64. The van der Waals surface area contributed by atoms with Gasteiger partial charge in [-0.05, 0) is 37.6 Å². The molecule has 0 saturated heterocycles. The Balaban J connectivity index is 2.14. The summed E-state index contributed by atoms with van der Waals surface area (Å²) in [6.07, 6.45) is 2.21. The number of nitrogens with zero attached hydrogens (tertiary/aromatic N) is 2. The van der Waals surface area contributed by atoms with E-state index in [2.05, 4.69) is 4.98 Å². The van der Waals surface area contributed by atoms with Gasteiger partial charge in [-0.25, -0.2) is 8.78 Å². The molecule has 0 fully saturated rings. The van der Waals surface area contributed by atoms with Crippen LogP contribution in [-0.2, 0) is 6.54 Å². The average molecular weight is 306 g/mol. The van der Waals surface area contributed by atoms with Crippen molar-refractivity contribution < 1.29 is 13.9 Å². The third-order valence-corrected chi connectivity index (χ3v) is 3.58. The molecule has 1 aromatic heterocycles. The molecular formula is C17H20F2N2O. The Kier molecular flexibility index (Phi) is 5.57. The van der Waals surface area contributed by atoms with E-state index >= 15 is 0 Å². The summed E-state index contributed by atoms with van der Waals surface area (Å²) in [7, 11) is 0. The molecule has 2 aromatic rings. The minimum Gasteiger partial charge on any atom is -0.387 e. The molecule has 1 N–H and O–H groups in total. The number of pyridine rings is 1. The summed E-state index contributed by atoms with van der Waals surface area (Å²) < 4.78 is 27.5. The van der Waals surface area contributed by atoms with Crippen LogP contribution in [0.25, 0.3) is 0 Å². The van der Waals surface area contributed by atoms with Crippen LogP contribution in [0.2, 0.25) is 0 Å². The molecule has 0 saturated carbocycles. The molecule has 1 unspecified atom stereocenters. The molecule has 0 amide bonds. The predicted octanol–water partition coefficient (Wildman–Crippen LogP) is 3.30. The maximum absolute atomic E-state index is 13.8. The molecule has 22 heavy (non-hydrogen) atoms. The van der Waals surface area contributed by atoms with Crippen molar-refractivity contribution in [2.45, 2.75) is 32.5 Å². The molecule has 0 aliphatic carbocycles. The molecule has 0 spiro atoms. The second-order valence-electron chi connectivity index (χ2n) is 5.54. The van der Waals surface area contributed by atoms with E-state index in [0.717, 1.165) is 17.7 Å². The summed E-state index contributed by atoms with van der Waals surface area (Å²) in [4.78, 5) is 6.01. The SMILES string of the molecule is CC(C)N(Cc1cccnc1)CC(O)c1c(F)cccc1F. The normalized spacial score (nSPS) is 12.9. The highest BCUT2D eigenvalue weighted by molar-refractivity contribution is 5.22. The fourth-order valence-corrected chi connectivity index (χ4v) is 2.33. The van der Waals surface area contributed by atoms with Crippen LogP contribution in [0.1, 0.15) is 31.1 Å². The maximum Gasteiger partial charge on any atom is 0.131 e. The van der Waals surface area contributed by atoms with Crippen LogP contribution < -0.4 is 0 Å². The van der Waals surface area contributed by atoms with E-state index < -0.39 is 17.7 Å². The van der Waals surface area contributed by atoms with Gasteiger partial charge in [-0.3, -0.25) is 9.88 Å². The van der Waals surface area contributed by atoms with Crippen LogP contribution in [0.3, 0.4) is 0 Å². The number of hydrogen-bond donors (Lipinski definition) is 1. The van der Waals surface area contributed by atoms with Gasteiger partial charge in [0.25, 0.3) is 0 Å². The lowest BCUT2D eigenvalue weighted by Crippen LogP contribution is -2.34. The number of aromatic nitrogens is 1. The Morgan fingerprint density at radius 2 is 1.82 bits per heavy atom. The standard InChI is InChI=1S/C17H20F2N2O/c1-12(2)21(10-13-5-4-8-20-9-13)11-16(22)17-14(18)6-3-7-15(17)19/h3-9,12,16,22H,10-11H2,1-2H3. The van der Waals surface area contributed by atoms with E-state index in [0.29, 0.717) is 6.54 Å². The molecule has 0 aliphatic rings. The maximum atomic E-state index is 13.8. The zero-order chi connectivity index (χ0) is 16.1. The van der Waals surface area contributed by atoms with Gasteiger partial charge in [0.1, 0.15) is 11.6 Å². The van der Waals surface area contributed by atoms with Gasteiger partial charge < -0.3 is 5.11 Å². The molecule has 0 radical (unpaired) electrons. The zero-order valence-corrected chi connectivity index (χ0v) is 12.7. The highest BCUT2D eigenvalue weighted by Gasteiger charge is 2.22. The van der Waals surface area contributed by atoms with Gasteiger partial charge in [0.15, 0.2) is 0 Å². The molecule has 1 heterocycles. The van der Waals surface area contributed by atoms with E-state index in [1.54, 1.807) is 12.4 Å². The van der Waals surface area contributed by atoms with Crippen molar-refractivity contribution >= 4 is 0 Å². The molecule has 0 bridgehead atoms. The summed E-state index contributed by atoms with van der Waals surface area (Å²) in [6, 6.07) is 7.48. The van der Waals surface area contributed by atoms with Crippen molar-refractivity contribution in [2.75, 3.05) is 6.54 Å². The lowest BCUT2D eigenvalue weighted by molar-refractivity contribution is 0.0856. The van der Waals surface area contributed by atoms with Gasteiger partial charge in [0, 0.05) is 31.5 Å². The zero-order valence-electron chi connectivity index (χ0n) is 12.7. The Bertz CT molecular complexity index is 585. The van der Waals surface area contributed by atoms with Crippen LogP contribution in [0.5, 0.6) is 0 Å². The topological polar surface area (TPSA) is 36.4 Å². The summed E-state index contributed by atoms with van der Waals surface area (Å²) in [5.74, 6) is -1.45. The van der Waals surface area contributed by atoms with Crippen LogP contribution >= 0.6 is 0 Å². The van der Waals surface area contributed by atoms with Gasteiger partial charge in [-0.1, -0.05) is 12.1 Å². The summed E-state index contributed by atoms with van der Waals surface area (Å²) in [5, 5.41) is 10.2. The van der Waals surface area contributed by atoms with Crippen molar-refractivity contribution in [2.24, 2.45) is 0 Å². The fraction of sp³-hybridized carbons (Fsp3) is 0.353. The van der Waals surface area contributed by atoms with E-state index in [1.807, 2.05) is 30.9 Å². The molecule has 118 valence electrons. The molecular weight excluding hydrogens is 286 g/mol. The van der Waals surface area contributed by atoms with Crippen molar-refractivity contribution in [3.8, 4) is 0 Å². The number of aliphatic hydroxyl groups excluding tert-OH is 1. The molecule has 2 rings (SSSR count). The second-order valence-corrected chi connectivity index (χ2v) is 5.54. The van der Waals surface area contributed by atoms with Gasteiger partial charge in [-0.2, -0.15) is 0 Å². The lowest BCUT2D eigenvalue weighted by atomic mass is 10.1. The number of hydrogen-bond acceptors (Lipinski definition) is 3. The first-order valence-corrected chi connectivity index (χ1v) is 7.24. The Morgan fingerprint density at radius 3 is 2.36 bits per heavy atom. The van der Waals surface area contributed by atoms with Crippen molar-refractivity contribution in [3.05, 3.63) is 65.5 Å². The van der Waals surface area contributed by atoms with Gasteiger partial charge in [0.2, 0.25) is 0 Å². The van der Waals surface area contributed by atoms with Gasteiger partial charge >= 0.3 is 0 Å². The van der Waals surface area contributed by atoms with Crippen LogP contribution in [0.15, 0.2) is 42.7 Å². The van der Waals surface area contributed by atoms with Crippen molar-refractivity contribution in [1.82, 2.24) is 9.88 Å². The minimum atomic E-state index is -1.22. The second kappa shape index (κ2) is 7.42. The minimum absolute atomic E-state index is 0.115. The van der Waals surface area contributed by atoms with Crippen LogP contribution in [-0.4, -0.2) is 27.6 Å². The van der Waals surface area contributed by atoms with Crippen molar-refractivity contribution in [1.29, 1.82) is 0 Å². The van der Waals surface area contributed by atoms with E-state index in [4.69, 9.17) is 0 Å². The molecule has 3 nitrogen and oxygen atoms in total. The third-order valence-electron chi connectivity index (χ3n) is 3.58. The average Bonchev–Trinajstić information content (AvgIpc) is 2.47. The Labute approximate surface area is 129 Å². The monoisotopic (exact) mass is 306 g/mol. The molecule has 0 aliphatic heterocycles. The number of benzene rings is 1. The Morgan fingerprint density at radius 1 is 1.14 bits per heavy atom. The molecule has 5 heteroatoms. The number of halogens is 2. The Hall–Kier alpha value is -1.85. The number of aliphatic hydroxyl groups is 1. The highest BCUT2D eigenvalue weighted by Crippen LogP contribution is 2.23. The summed E-state index contributed by atoms with van der Waals surface area (Å²) >= 11 is 0. The fourth-order valence-electron chi connectivity index (χ4n) is 2.33. The first-order chi connectivity index (χ1) is 10.5.